The van der Waals surface area contributed by atoms with E-state index in [0.29, 0.717) is 0 Å². The van der Waals surface area contributed by atoms with Crippen molar-refractivity contribution in [2.45, 2.75) is 19.3 Å². The van der Waals surface area contributed by atoms with Crippen molar-refractivity contribution in [1.82, 2.24) is 4.98 Å². The number of halogens is 1. The molecule has 0 spiro atoms. The highest BCUT2D eigenvalue weighted by Gasteiger charge is 2.09. The second-order valence-electron chi connectivity index (χ2n) is 4.22. The average Bonchev–Trinajstić information content (AvgIpc) is 2.50. The molecule has 0 radical (unpaired) electrons. The number of nitrogens with zero attached hydrogens (tertiary/aromatic N) is 1. The molecule has 1 N–H and O–H groups in total. The molecule has 0 saturated heterocycles. The minimum atomic E-state index is 0.774. The third kappa shape index (κ3) is 1.74. The Balaban J connectivity index is 2.20. The maximum absolute atomic E-state index is 5.99. The molecule has 3 rings (SSSR count). The first-order valence-electron chi connectivity index (χ1n) is 5.66. The van der Waals surface area contributed by atoms with E-state index in [9.17, 15) is 0 Å². The fourth-order valence-electron chi connectivity index (χ4n) is 2.18. The molecule has 0 unspecified atom stereocenters. The molecule has 1 aliphatic heterocycles. The van der Waals surface area contributed by atoms with Gasteiger partial charge in [0.05, 0.1) is 5.52 Å². The summed E-state index contributed by atoms with van der Waals surface area (Å²) in [7, 11) is 0. The van der Waals surface area contributed by atoms with Crippen molar-refractivity contribution in [3.8, 4) is 0 Å². The maximum Gasteiger partial charge on any atom is 0.129 e. The summed E-state index contributed by atoms with van der Waals surface area (Å²) < 4.78 is 0. The number of hydrogen-bond acceptors (Lipinski definition) is 2. The highest BCUT2D eigenvalue weighted by atomic mass is 35.5. The molecule has 0 saturated carbocycles. The molecule has 2 heterocycles. The molecule has 1 aromatic carbocycles. The van der Waals surface area contributed by atoms with Crippen LogP contribution in [-0.4, -0.2) is 11.5 Å². The first kappa shape index (κ1) is 9.91. The van der Waals surface area contributed by atoms with E-state index < -0.39 is 0 Å². The average molecular weight is 233 g/mol. The van der Waals surface area contributed by atoms with Crippen LogP contribution < -0.4 is 5.32 Å². The summed E-state index contributed by atoms with van der Waals surface area (Å²) in [6.45, 7) is 1.03. The van der Waals surface area contributed by atoms with Gasteiger partial charge in [0.1, 0.15) is 5.82 Å². The Kier molecular flexibility index (Phi) is 2.44. The van der Waals surface area contributed by atoms with Crippen LogP contribution in [0.5, 0.6) is 0 Å². The first-order chi connectivity index (χ1) is 7.83. The van der Waals surface area contributed by atoms with Gasteiger partial charge in [-0.3, -0.25) is 0 Å². The van der Waals surface area contributed by atoms with Crippen LogP contribution in [0.3, 0.4) is 0 Å². The van der Waals surface area contributed by atoms with Gasteiger partial charge in [0, 0.05) is 17.0 Å². The highest BCUT2D eigenvalue weighted by molar-refractivity contribution is 6.31. The highest BCUT2D eigenvalue weighted by Crippen LogP contribution is 2.26. The minimum Gasteiger partial charge on any atom is -0.370 e. The van der Waals surface area contributed by atoms with Crippen LogP contribution in [0.15, 0.2) is 24.3 Å². The first-order valence-corrected chi connectivity index (χ1v) is 6.04. The number of pyridine rings is 1. The van der Waals surface area contributed by atoms with Crippen molar-refractivity contribution >= 4 is 28.3 Å². The van der Waals surface area contributed by atoms with E-state index >= 15 is 0 Å². The van der Waals surface area contributed by atoms with Gasteiger partial charge in [-0.25, -0.2) is 4.98 Å². The molecule has 3 heteroatoms. The Morgan fingerprint density at radius 2 is 2.12 bits per heavy atom. The van der Waals surface area contributed by atoms with Gasteiger partial charge < -0.3 is 5.32 Å². The van der Waals surface area contributed by atoms with E-state index in [0.717, 1.165) is 34.7 Å². The molecule has 2 aromatic rings. The summed E-state index contributed by atoms with van der Waals surface area (Å²) in [6.07, 6.45) is 3.55. The minimum absolute atomic E-state index is 0.774. The zero-order valence-electron chi connectivity index (χ0n) is 8.96. The third-order valence-corrected chi connectivity index (χ3v) is 3.26. The molecule has 2 nitrogen and oxygen atoms in total. The van der Waals surface area contributed by atoms with E-state index in [1.165, 1.54) is 18.4 Å². The van der Waals surface area contributed by atoms with Gasteiger partial charge in [-0.1, -0.05) is 11.6 Å². The lowest BCUT2D eigenvalue weighted by Crippen LogP contribution is -2.02. The van der Waals surface area contributed by atoms with Gasteiger partial charge in [0.2, 0.25) is 0 Å². The molecule has 1 aliphatic rings. The van der Waals surface area contributed by atoms with Gasteiger partial charge in [-0.05, 0) is 49.1 Å². The SMILES string of the molecule is Clc1ccc2nc3c(cc2c1)CCCCN3. The van der Waals surface area contributed by atoms with Crippen LogP contribution in [0.25, 0.3) is 10.9 Å². The van der Waals surface area contributed by atoms with Gasteiger partial charge in [-0.15, -0.1) is 0 Å². The van der Waals surface area contributed by atoms with Crippen molar-refractivity contribution in [2.24, 2.45) is 0 Å². The van der Waals surface area contributed by atoms with Crippen LogP contribution in [0.4, 0.5) is 5.82 Å². The molecule has 0 atom stereocenters. The normalized spacial score (nSPS) is 15.3. The summed E-state index contributed by atoms with van der Waals surface area (Å²) >= 11 is 5.99. The van der Waals surface area contributed by atoms with Crippen molar-refractivity contribution in [3.05, 3.63) is 34.9 Å². The quantitative estimate of drug-likeness (QED) is 0.750. The van der Waals surface area contributed by atoms with Crippen LogP contribution in [-0.2, 0) is 6.42 Å². The third-order valence-electron chi connectivity index (χ3n) is 3.02. The lowest BCUT2D eigenvalue weighted by molar-refractivity contribution is 0.786. The maximum atomic E-state index is 5.99. The molecule has 0 aliphatic carbocycles. The Morgan fingerprint density at radius 1 is 1.19 bits per heavy atom. The molecular formula is C13H13ClN2. The van der Waals surface area contributed by atoms with Gasteiger partial charge in [0.25, 0.3) is 0 Å². The number of aromatic nitrogens is 1. The van der Waals surface area contributed by atoms with Gasteiger partial charge in [0.15, 0.2) is 0 Å². The number of nitrogens with one attached hydrogen (secondary N) is 1. The number of aryl methyl sites for hydroxylation is 1. The van der Waals surface area contributed by atoms with E-state index in [1.54, 1.807) is 0 Å². The lowest BCUT2D eigenvalue weighted by Gasteiger charge is -2.08. The molecule has 0 amide bonds. The van der Waals surface area contributed by atoms with E-state index in [2.05, 4.69) is 16.4 Å². The summed E-state index contributed by atoms with van der Waals surface area (Å²) in [6, 6.07) is 8.06. The standard InChI is InChI=1S/C13H13ClN2/c14-11-4-5-12-10(8-11)7-9-3-1-2-6-15-13(9)16-12/h4-5,7-8H,1-3,6H2,(H,15,16). The van der Waals surface area contributed by atoms with E-state index in [-0.39, 0.29) is 0 Å². The smallest absolute Gasteiger partial charge is 0.129 e. The van der Waals surface area contributed by atoms with Crippen LogP contribution >= 0.6 is 11.6 Å². The second-order valence-corrected chi connectivity index (χ2v) is 4.65. The Morgan fingerprint density at radius 3 is 3.06 bits per heavy atom. The van der Waals surface area contributed by atoms with E-state index in [1.807, 2.05) is 18.2 Å². The van der Waals surface area contributed by atoms with Crippen LogP contribution in [0.2, 0.25) is 5.02 Å². The lowest BCUT2D eigenvalue weighted by atomic mass is 10.1. The zero-order valence-corrected chi connectivity index (χ0v) is 9.72. The Hall–Kier alpha value is -1.28. The number of anilines is 1. The predicted octanol–water partition coefficient (Wildman–Crippen LogP) is 3.64. The number of hydrogen-bond donors (Lipinski definition) is 1. The van der Waals surface area contributed by atoms with Gasteiger partial charge >= 0.3 is 0 Å². The predicted molar refractivity (Wildman–Crippen MR) is 68.2 cm³/mol. The molecular weight excluding hydrogens is 220 g/mol. The zero-order chi connectivity index (χ0) is 11.0. The van der Waals surface area contributed by atoms with Crippen molar-refractivity contribution < 1.29 is 0 Å². The fourth-order valence-corrected chi connectivity index (χ4v) is 2.36. The van der Waals surface area contributed by atoms with E-state index in [4.69, 9.17) is 11.6 Å². The topological polar surface area (TPSA) is 24.9 Å². The summed E-state index contributed by atoms with van der Waals surface area (Å²) in [5, 5.41) is 5.30. The van der Waals surface area contributed by atoms with Crippen LogP contribution in [0, 0.1) is 0 Å². The molecule has 0 fully saturated rings. The molecule has 1 aromatic heterocycles. The Bertz CT molecular complexity index is 537. The number of rotatable bonds is 0. The van der Waals surface area contributed by atoms with Crippen molar-refractivity contribution in [1.29, 1.82) is 0 Å². The Labute approximate surface area is 99.6 Å². The molecule has 82 valence electrons. The fraction of sp³-hybridized carbons (Fsp3) is 0.308. The summed E-state index contributed by atoms with van der Waals surface area (Å²) in [4.78, 5) is 4.65. The molecule has 16 heavy (non-hydrogen) atoms. The largest absolute Gasteiger partial charge is 0.370 e. The van der Waals surface area contributed by atoms with Crippen molar-refractivity contribution in [3.63, 3.8) is 0 Å². The van der Waals surface area contributed by atoms with Crippen molar-refractivity contribution in [2.75, 3.05) is 11.9 Å². The second kappa shape index (κ2) is 3.95. The monoisotopic (exact) mass is 232 g/mol. The van der Waals surface area contributed by atoms with Gasteiger partial charge in [-0.2, -0.15) is 0 Å². The number of benzene rings is 1. The summed E-state index contributed by atoms with van der Waals surface area (Å²) in [5.74, 6) is 1.05. The summed E-state index contributed by atoms with van der Waals surface area (Å²) in [5.41, 5.74) is 2.32. The van der Waals surface area contributed by atoms with Crippen LogP contribution in [0.1, 0.15) is 18.4 Å². The number of fused-ring (bicyclic) bond motifs is 2. The molecule has 0 bridgehead atoms.